The van der Waals surface area contributed by atoms with E-state index in [0.29, 0.717) is 18.1 Å². The van der Waals surface area contributed by atoms with Crippen LogP contribution in [0.4, 0.5) is 0 Å². The number of hydrogen-bond acceptors (Lipinski definition) is 3. The van der Waals surface area contributed by atoms with Crippen molar-refractivity contribution in [1.82, 2.24) is 9.88 Å². The summed E-state index contributed by atoms with van der Waals surface area (Å²) in [5, 5.41) is 14.1. The van der Waals surface area contributed by atoms with Crippen molar-refractivity contribution in [2.45, 2.75) is 25.5 Å². The van der Waals surface area contributed by atoms with E-state index in [1.807, 2.05) is 60.8 Å². The van der Waals surface area contributed by atoms with E-state index < -0.39 is 0 Å². The summed E-state index contributed by atoms with van der Waals surface area (Å²) in [6, 6.07) is 17.7. The zero-order valence-electron chi connectivity index (χ0n) is 16.5. The first-order chi connectivity index (χ1) is 14.7. The molecule has 1 fully saturated rings. The number of ether oxygens (including phenoxy) is 1. The summed E-state index contributed by atoms with van der Waals surface area (Å²) in [5.41, 5.74) is 2.92. The molecule has 2 heterocycles. The van der Waals surface area contributed by atoms with Gasteiger partial charge in [0.2, 0.25) is 0 Å². The Morgan fingerprint density at radius 1 is 1.27 bits per heavy atom. The molecule has 0 bridgehead atoms. The molecule has 2 aromatic carbocycles. The van der Waals surface area contributed by atoms with Gasteiger partial charge >= 0.3 is 0 Å². The summed E-state index contributed by atoms with van der Waals surface area (Å²) in [7, 11) is 0. The molecule has 1 aromatic heterocycles. The lowest BCUT2D eigenvalue weighted by molar-refractivity contribution is -0.117. The maximum Gasteiger partial charge on any atom is 0.262 e. The van der Waals surface area contributed by atoms with Crippen LogP contribution < -0.4 is 5.32 Å². The highest BCUT2D eigenvalue weighted by Crippen LogP contribution is 2.26. The minimum atomic E-state index is -0.379. The predicted molar refractivity (Wildman–Crippen MR) is 118 cm³/mol. The fourth-order valence-corrected chi connectivity index (χ4v) is 3.94. The van der Waals surface area contributed by atoms with Crippen LogP contribution >= 0.6 is 11.6 Å². The molecule has 152 valence electrons. The summed E-state index contributed by atoms with van der Waals surface area (Å²) in [6.07, 6.45) is 5.58. The minimum Gasteiger partial charge on any atom is -0.376 e. The van der Waals surface area contributed by atoms with Gasteiger partial charge in [0.15, 0.2) is 0 Å². The Morgan fingerprint density at radius 3 is 2.83 bits per heavy atom. The second-order valence-electron chi connectivity index (χ2n) is 7.34. The third-order valence-electron chi connectivity index (χ3n) is 5.30. The molecule has 0 radical (unpaired) electrons. The van der Waals surface area contributed by atoms with Gasteiger partial charge in [0.25, 0.3) is 5.91 Å². The van der Waals surface area contributed by atoms with Crippen molar-refractivity contribution >= 4 is 34.5 Å². The number of para-hydroxylation sites is 1. The third kappa shape index (κ3) is 4.40. The molecular formula is C24H22ClN3O2. The highest BCUT2D eigenvalue weighted by Gasteiger charge is 2.18. The largest absolute Gasteiger partial charge is 0.376 e. The SMILES string of the molecule is N#C/C(=C\c1cn(Cc2ccccc2Cl)c2ccccc12)C(=O)NC[C@H]1CCCO1. The van der Waals surface area contributed by atoms with Crippen LogP contribution in [0.5, 0.6) is 0 Å². The molecule has 1 aliphatic heterocycles. The van der Waals surface area contributed by atoms with Gasteiger partial charge < -0.3 is 14.6 Å². The van der Waals surface area contributed by atoms with Gasteiger partial charge in [-0.15, -0.1) is 0 Å². The van der Waals surface area contributed by atoms with Crippen molar-refractivity contribution in [2.24, 2.45) is 0 Å². The Hall–Kier alpha value is -3.07. The summed E-state index contributed by atoms with van der Waals surface area (Å²) in [4.78, 5) is 12.5. The first-order valence-corrected chi connectivity index (χ1v) is 10.4. The molecule has 4 rings (SSSR count). The van der Waals surface area contributed by atoms with Crippen molar-refractivity contribution in [1.29, 1.82) is 5.26 Å². The maximum absolute atomic E-state index is 12.5. The average molecular weight is 420 g/mol. The Morgan fingerprint density at radius 2 is 2.07 bits per heavy atom. The fraction of sp³-hybridized carbons (Fsp3) is 0.250. The van der Waals surface area contributed by atoms with Crippen molar-refractivity contribution in [3.63, 3.8) is 0 Å². The zero-order chi connectivity index (χ0) is 20.9. The molecule has 1 N–H and O–H groups in total. The van der Waals surface area contributed by atoms with E-state index in [1.165, 1.54) is 0 Å². The number of hydrogen-bond donors (Lipinski definition) is 1. The van der Waals surface area contributed by atoms with Crippen LogP contribution in [-0.2, 0) is 16.1 Å². The second kappa shape index (κ2) is 9.17. The highest BCUT2D eigenvalue weighted by molar-refractivity contribution is 6.31. The van der Waals surface area contributed by atoms with Crippen LogP contribution in [-0.4, -0.2) is 29.7 Å². The lowest BCUT2D eigenvalue weighted by Crippen LogP contribution is -2.32. The number of benzene rings is 2. The van der Waals surface area contributed by atoms with Crippen LogP contribution in [0.1, 0.15) is 24.0 Å². The van der Waals surface area contributed by atoms with E-state index in [2.05, 4.69) is 9.88 Å². The summed E-state index contributed by atoms with van der Waals surface area (Å²) >= 11 is 6.34. The lowest BCUT2D eigenvalue weighted by Gasteiger charge is -2.10. The van der Waals surface area contributed by atoms with Crippen LogP contribution in [0.3, 0.4) is 0 Å². The molecule has 5 nitrogen and oxygen atoms in total. The van der Waals surface area contributed by atoms with Crippen molar-refractivity contribution in [2.75, 3.05) is 13.2 Å². The van der Waals surface area contributed by atoms with Gasteiger partial charge in [0.1, 0.15) is 11.6 Å². The molecule has 0 saturated carbocycles. The molecule has 1 saturated heterocycles. The van der Waals surface area contributed by atoms with Crippen LogP contribution in [0.2, 0.25) is 5.02 Å². The van der Waals surface area contributed by atoms with E-state index in [9.17, 15) is 10.1 Å². The van der Waals surface area contributed by atoms with Crippen molar-refractivity contribution in [3.05, 3.63) is 76.5 Å². The number of nitrogens with zero attached hydrogens (tertiary/aromatic N) is 2. The Balaban J connectivity index is 1.62. The summed E-state index contributed by atoms with van der Waals surface area (Å²) < 4.78 is 7.62. The normalized spacial score (nSPS) is 16.5. The number of nitrogens with one attached hydrogen (secondary N) is 1. The number of halogens is 1. The number of rotatable bonds is 6. The van der Waals surface area contributed by atoms with Gasteiger partial charge in [-0.05, 0) is 36.6 Å². The van der Waals surface area contributed by atoms with E-state index in [-0.39, 0.29) is 17.6 Å². The standard InChI is InChI=1S/C24H22ClN3O2/c25-22-9-3-1-6-17(22)15-28-16-19(21-8-2-4-10-23(21)28)12-18(13-26)24(29)27-14-20-7-5-11-30-20/h1-4,6,8-10,12,16,20H,5,7,11,14-15H2,(H,27,29)/b18-12+/t20-/m1/s1. The van der Waals surface area contributed by atoms with E-state index in [0.717, 1.165) is 41.5 Å². The monoisotopic (exact) mass is 419 g/mol. The average Bonchev–Trinajstić information content (AvgIpc) is 3.40. The van der Waals surface area contributed by atoms with Crippen molar-refractivity contribution in [3.8, 4) is 6.07 Å². The summed E-state index contributed by atoms with van der Waals surface area (Å²) in [6.45, 7) is 1.75. The summed E-state index contributed by atoms with van der Waals surface area (Å²) in [5.74, 6) is -0.379. The first-order valence-electron chi connectivity index (χ1n) is 9.98. The predicted octanol–water partition coefficient (Wildman–Crippen LogP) is 4.55. The smallest absolute Gasteiger partial charge is 0.262 e. The molecule has 1 aliphatic rings. The lowest BCUT2D eigenvalue weighted by atomic mass is 10.1. The van der Waals surface area contributed by atoms with Gasteiger partial charge in [0.05, 0.1) is 6.10 Å². The van der Waals surface area contributed by atoms with E-state index >= 15 is 0 Å². The van der Waals surface area contributed by atoms with Crippen LogP contribution in [0.25, 0.3) is 17.0 Å². The van der Waals surface area contributed by atoms with Crippen LogP contribution in [0, 0.1) is 11.3 Å². The Labute approximate surface area is 180 Å². The molecule has 0 spiro atoms. The maximum atomic E-state index is 12.5. The minimum absolute atomic E-state index is 0.0337. The molecule has 1 amide bonds. The van der Waals surface area contributed by atoms with E-state index in [1.54, 1.807) is 6.08 Å². The number of aromatic nitrogens is 1. The van der Waals surface area contributed by atoms with Gasteiger partial charge in [-0.3, -0.25) is 4.79 Å². The van der Waals surface area contributed by atoms with E-state index in [4.69, 9.17) is 16.3 Å². The highest BCUT2D eigenvalue weighted by atomic mass is 35.5. The molecule has 6 heteroatoms. The van der Waals surface area contributed by atoms with Gasteiger partial charge in [0, 0.05) is 47.4 Å². The number of carbonyl (C=O) groups is 1. The third-order valence-corrected chi connectivity index (χ3v) is 5.67. The molecule has 0 unspecified atom stereocenters. The number of nitriles is 1. The van der Waals surface area contributed by atoms with Crippen LogP contribution in [0.15, 0.2) is 60.3 Å². The first kappa shape index (κ1) is 20.2. The number of amides is 1. The topological polar surface area (TPSA) is 67.0 Å². The van der Waals surface area contributed by atoms with Gasteiger partial charge in [-0.1, -0.05) is 48.0 Å². The molecule has 1 atom stereocenters. The Bertz CT molecular complexity index is 1140. The van der Waals surface area contributed by atoms with Gasteiger partial charge in [-0.25, -0.2) is 0 Å². The number of carbonyl (C=O) groups excluding carboxylic acids is 1. The quantitative estimate of drug-likeness (QED) is 0.471. The van der Waals surface area contributed by atoms with Gasteiger partial charge in [-0.2, -0.15) is 5.26 Å². The molecular weight excluding hydrogens is 398 g/mol. The Kier molecular flexibility index (Phi) is 6.18. The van der Waals surface area contributed by atoms with Crippen molar-refractivity contribution < 1.29 is 9.53 Å². The fourth-order valence-electron chi connectivity index (χ4n) is 3.74. The second-order valence-corrected chi connectivity index (χ2v) is 7.74. The zero-order valence-corrected chi connectivity index (χ0v) is 17.2. The number of fused-ring (bicyclic) bond motifs is 1. The molecule has 3 aromatic rings. The molecule has 0 aliphatic carbocycles. The molecule has 30 heavy (non-hydrogen) atoms.